The average molecular weight is 258 g/mol. The van der Waals surface area contributed by atoms with Gasteiger partial charge in [0.25, 0.3) is 0 Å². The molecule has 0 saturated heterocycles. The molecule has 0 unspecified atom stereocenters. The van der Waals surface area contributed by atoms with Crippen molar-refractivity contribution in [1.82, 2.24) is 10.0 Å². The summed E-state index contributed by atoms with van der Waals surface area (Å²) in [5, 5.41) is 3.24. The van der Waals surface area contributed by atoms with Crippen LogP contribution in [-0.2, 0) is 10.0 Å². The first-order chi connectivity index (χ1) is 8.10. The van der Waals surface area contributed by atoms with Crippen LogP contribution in [0.15, 0.2) is 0 Å². The van der Waals surface area contributed by atoms with Gasteiger partial charge in [-0.15, -0.1) is 0 Å². The third kappa shape index (κ3) is 3.20. The van der Waals surface area contributed by atoms with E-state index in [1.807, 2.05) is 0 Å². The van der Waals surface area contributed by atoms with Gasteiger partial charge in [0.05, 0.1) is 5.75 Å². The molecule has 17 heavy (non-hydrogen) atoms. The Hall–Kier alpha value is -0.130. The molecule has 0 aliphatic heterocycles. The maximum atomic E-state index is 11.8. The van der Waals surface area contributed by atoms with Gasteiger partial charge in [-0.05, 0) is 49.9 Å². The highest BCUT2D eigenvalue weighted by Gasteiger charge is 2.53. The van der Waals surface area contributed by atoms with Crippen molar-refractivity contribution in [2.24, 2.45) is 11.3 Å². The van der Waals surface area contributed by atoms with Gasteiger partial charge in [0, 0.05) is 19.1 Å². The molecule has 0 aromatic carbocycles. The highest BCUT2D eigenvalue weighted by molar-refractivity contribution is 7.89. The zero-order valence-corrected chi connectivity index (χ0v) is 11.1. The quantitative estimate of drug-likeness (QED) is 0.678. The molecule has 3 aliphatic carbocycles. The zero-order valence-electron chi connectivity index (χ0n) is 10.2. The first-order valence-corrected chi connectivity index (χ1v) is 8.46. The standard InChI is InChI=1S/C12H22N2O2S/c15-17(16,8-7-13-11-3-4-11)14-9-12(5-6-12)10-1-2-10/h10-11,13-14H,1-9H2. The van der Waals surface area contributed by atoms with Crippen LogP contribution in [0.2, 0.25) is 0 Å². The molecule has 4 nitrogen and oxygen atoms in total. The van der Waals surface area contributed by atoms with Gasteiger partial charge in [0.1, 0.15) is 0 Å². The van der Waals surface area contributed by atoms with Crippen LogP contribution in [0.1, 0.15) is 38.5 Å². The van der Waals surface area contributed by atoms with Crippen LogP contribution < -0.4 is 10.0 Å². The maximum Gasteiger partial charge on any atom is 0.212 e. The molecular weight excluding hydrogens is 236 g/mol. The van der Waals surface area contributed by atoms with Gasteiger partial charge in [0.15, 0.2) is 0 Å². The van der Waals surface area contributed by atoms with Crippen molar-refractivity contribution < 1.29 is 8.42 Å². The second-order valence-electron chi connectivity index (χ2n) is 6.01. The van der Waals surface area contributed by atoms with E-state index < -0.39 is 10.0 Å². The molecule has 3 rings (SSSR count). The Morgan fingerprint density at radius 3 is 2.35 bits per heavy atom. The summed E-state index contributed by atoms with van der Waals surface area (Å²) < 4.78 is 26.4. The summed E-state index contributed by atoms with van der Waals surface area (Å²) in [6.45, 7) is 1.28. The molecular formula is C12H22N2O2S. The Morgan fingerprint density at radius 2 is 1.82 bits per heavy atom. The fraction of sp³-hybridized carbons (Fsp3) is 1.00. The first kappa shape index (κ1) is 11.9. The predicted molar refractivity (Wildman–Crippen MR) is 67.2 cm³/mol. The van der Waals surface area contributed by atoms with Crippen LogP contribution in [0.25, 0.3) is 0 Å². The Bertz CT molecular complexity index is 381. The van der Waals surface area contributed by atoms with E-state index in [9.17, 15) is 8.42 Å². The van der Waals surface area contributed by atoms with Crippen molar-refractivity contribution in [2.45, 2.75) is 44.6 Å². The number of nitrogens with one attached hydrogen (secondary N) is 2. The minimum Gasteiger partial charge on any atom is -0.313 e. The Balaban J connectivity index is 1.39. The fourth-order valence-electron chi connectivity index (χ4n) is 2.60. The summed E-state index contributed by atoms with van der Waals surface area (Å²) in [4.78, 5) is 0. The van der Waals surface area contributed by atoms with E-state index in [-0.39, 0.29) is 5.75 Å². The first-order valence-electron chi connectivity index (χ1n) is 6.80. The Labute approximate surface area is 104 Å². The summed E-state index contributed by atoms with van der Waals surface area (Å²) in [6, 6.07) is 0.589. The summed E-state index contributed by atoms with van der Waals surface area (Å²) in [6.07, 6.45) is 7.48. The molecule has 98 valence electrons. The van der Waals surface area contributed by atoms with Crippen LogP contribution in [0, 0.1) is 11.3 Å². The SMILES string of the molecule is O=S(=O)(CCNC1CC1)NCC1(C2CC2)CC1. The lowest BCUT2D eigenvalue weighted by Crippen LogP contribution is -2.36. The fourth-order valence-corrected chi connectivity index (χ4v) is 3.63. The van der Waals surface area contributed by atoms with Crippen molar-refractivity contribution in [3.8, 4) is 0 Å². The molecule has 0 spiro atoms. The van der Waals surface area contributed by atoms with E-state index in [2.05, 4.69) is 10.0 Å². The van der Waals surface area contributed by atoms with Crippen molar-refractivity contribution in [1.29, 1.82) is 0 Å². The number of sulfonamides is 1. The van der Waals surface area contributed by atoms with Gasteiger partial charge in [-0.2, -0.15) is 0 Å². The van der Waals surface area contributed by atoms with Crippen LogP contribution in [0.5, 0.6) is 0 Å². The molecule has 0 atom stereocenters. The zero-order chi connectivity index (χ0) is 11.9. The summed E-state index contributed by atoms with van der Waals surface area (Å²) >= 11 is 0. The molecule has 2 N–H and O–H groups in total. The van der Waals surface area contributed by atoms with Gasteiger partial charge in [-0.1, -0.05) is 0 Å². The predicted octanol–water partition coefficient (Wildman–Crippen LogP) is 0.848. The topological polar surface area (TPSA) is 58.2 Å². The third-order valence-corrected chi connectivity index (χ3v) is 5.69. The van der Waals surface area contributed by atoms with Crippen LogP contribution in [0.4, 0.5) is 0 Å². The molecule has 5 heteroatoms. The normalized spacial score (nSPS) is 27.1. The molecule has 0 radical (unpaired) electrons. The lowest BCUT2D eigenvalue weighted by atomic mass is 10.0. The van der Waals surface area contributed by atoms with Gasteiger partial charge < -0.3 is 5.32 Å². The number of hydrogen-bond acceptors (Lipinski definition) is 3. The van der Waals surface area contributed by atoms with E-state index in [0.717, 1.165) is 5.92 Å². The molecule has 3 aliphatic rings. The highest BCUT2D eigenvalue weighted by Crippen LogP contribution is 2.60. The number of hydrogen-bond donors (Lipinski definition) is 2. The largest absolute Gasteiger partial charge is 0.313 e. The molecule has 0 bridgehead atoms. The third-order valence-electron chi connectivity index (χ3n) is 4.36. The van der Waals surface area contributed by atoms with Gasteiger partial charge >= 0.3 is 0 Å². The number of rotatable bonds is 8. The van der Waals surface area contributed by atoms with E-state index in [1.165, 1.54) is 38.5 Å². The summed E-state index contributed by atoms with van der Waals surface area (Å²) in [5.74, 6) is 1.04. The minimum absolute atomic E-state index is 0.226. The Kier molecular flexibility index (Phi) is 2.96. The molecule has 0 aromatic heterocycles. The smallest absolute Gasteiger partial charge is 0.212 e. The van der Waals surface area contributed by atoms with Crippen LogP contribution in [-0.4, -0.2) is 33.3 Å². The molecule has 0 aromatic rings. The maximum absolute atomic E-state index is 11.8. The summed E-state index contributed by atoms with van der Waals surface area (Å²) in [5.41, 5.74) is 0.358. The van der Waals surface area contributed by atoms with Crippen molar-refractivity contribution >= 4 is 10.0 Å². The van der Waals surface area contributed by atoms with Crippen molar-refractivity contribution in [3.05, 3.63) is 0 Å². The second kappa shape index (κ2) is 4.21. The van der Waals surface area contributed by atoms with Crippen molar-refractivity contribution in [2.75, 3.05) is 18.8 Å². The second-order valence-corrected chi connectivity index (χ2v) is 7.93. The van der Waals surface area contributed by atoms with Crippen LogP contribution in [0.3, 0.4) is 0 Å². The Morgan fingerprint density at radius 1 is 1.12 bits per heavy atom. The molecule has 3 saturated carbocycles. The molecule has 0 amide bonds. The molecule has 3 fully saturated rings. The summed E-state index contributed by atoms with van der Waals surface area (Å²) in [7, 11) is -3.06. The molecule has 0 heterocycles. The minimum atomic E-state index is -3.06. The monoisotopic (exact) mass is 258 g/mol. The van der Waals surface area contributed by atoms with E-state index >= 15 is 0 Å². The van der Waals surface area contributed by atoms with E-state index in [4.69, 9.17) is 0 Å². The van der Waals surface area contributed by atoms with E-state index in [0.29, 0.717) is 24.5 Å². The lowest BCUT2D eigenvalue weighted by Gasteiger charge is -2.15. The van der Waals surface area contributed by atoms with Crippen LogP contribution >= 0.6 is 0 Å². The lowest BCUT2D eigenvalue weighted by molar-refractivity contribution is 0.431. The van der Waals surface area contributed by atoms with Gasteiger partial charge in [-0.25, -0.2) is 13.1 Å². The van der Waals surface area contributed by atoms with Crippen molar-refractivity contribution in [3.63, 3.8) is 0 Å². The van der Waals surface area contributed by atoms with E-state index in [1.54, 1.807) is 0 Å². The average Bonchev–Trinajstić information content (AvgIpc) is 3.12. The van der Waals surface area contributed by atoms with Gasteiger partial charge in [0.2, 0.25) is 10.0 Å². The highest BCUT2D eigenvalue weighted by atomic mass is 32.2. The van der Waals surface area contributed by atoms with Gasteiger partial charge in [-0.3, -0.25) is 0 Å².